The van der Waals surface area contributed by atoms with Crippen molar-refractivity contribution in [3.8, 4) is 10.4 Å². The van der Waals surface area contributed by atoms with Crippen molar-refractivity contribution < 1.29 is 28.2 Å². The largest absolute Gasteiger partial charge is 0.480 e. The first-order valence-corrected chi connectivity index (χ1v) is 14.2. The number of carboxylic acid groups (broad SMARTS) is 1. The van der Waals surface area contributed by atoms with Crippen LogP contribution in [0.2, 0.25) is 0 Å². The molecule has 0 bridgehead atoms. The number of aliphatic hydroxyl groups is 1. The molecule has 0 saturated heterocycles. The minimum atomic E-state index is -4.16. The molecule has 1 aliphatic rings. The number of hydrogen-bond acceptors (Lipinski definition) is 6. The number of thiophene rings is 1. The number of rotatable bonds is 9. The molecule has 1 aromatic heterocycles. The van der Waals surface area contributed by atoms with Crippen molar-refractivity contribution in [2.75, 3.05) is 0 Å². The lowest BCUT2D eigenvalue weighted by atomic mass is 9.93. The number of nitrogens with one attached hydrogen (secondary N) is 1. The number of ketones is 1. The number of carboxylic acids is 1. The number of sulfonamides is 1. The Morgan fingerprint density at radius 2 is 1.58 bits per heavy atom. The van der Waals surface area contributed by atoms with Crippen molar-refractivity contribution in [1.82, 2.24) is 4.72 Å². The third-order valence-electron chi connectivity index (χ3n) is 7.16. The third kappa shape index (κ3) is 4.48. The van der Waals surface area contributed by atoms with Crippen LogP contribution in [0.4, 0.5) is 0 Å². The van der Waals surface area contributed by atoms with Gasteiger partial charge in [0.05, 0.1) is 0 Å². The average Bonchev–Trinajstić information content (AvgIpc) is 3.27. The van der Waals surface area contributed by atoms with Crippen LogP contribution in [0.3, 0.4) is 0 Å². The summed E-state index contributed by atoms with van der Waals surface area (Å²) in [6.07, 6.45) is -1.19. The number of carbonyl (C=O) groups is 2. The molecular formula is C29H25NO6S2. The van der Waals surface area contributed by atoms with E-state index in [-0.39, 0.29) is 16.2 Å². The quantitative estimate of drug-likeness (QED) is 0.259. The Balaban J connectivity index is 1.39. The molecule has 0 radical (unpaired) electrons. The van der Waals surface area contributed by atoms with Crippen LogP contribution in [0.5, 0.6) is 0 Å². The second kappa shape index (κ2) is 9.59. The van der Waals surface area contributed by atoms with E-state index < -0.39 is 38.8 Å². The van der Waals surface area contributed by atoms with Crippen LogP contribution in [-0.2, 0) is 20.2 Å². The van der Waals surface area contributed by atoms with E-state index >= 15 is 0 Å². The van der Waals surface area contributed by atoms with Gasteiger partial charge in [0, 0.05) is 15.9 Å². The predicted molar refractivity (Wildman–Crippen MR) is 145 cm³/mol. The van der Waals surface area contributed by atoms with Crippen LogP contribution in [0.1, 0.15) is 40.9 Å². The summed E-state index contributed by atoms with van der Waals surface area (Å²) in [4.78, 5) is 25.8. The first kappa shape index (κ1) is 26.0. The summed E-state index contributed by atoms with van der Waals surface area (Å²) in [6.45, 7) is 1.74. The Kier molecular flexibility index (Phi) is 6.56. The fourth-order valence-corrected chi connectivity index (χ4v) is 7.57. The maximum atomic E-state index is 13.3. The molecule has 1 saturated carbocycles. The second-order valence-electron chi connectivity index (χ2n) is 9.57. The van der Waals surface area contributed by atoms with E-state index in [1.54, 1.807) is 91.9 Å². The van der Waals surface area contributed by atoms with E-state index in [2.05, 4.69) is 4.72 Å². The third-order valence-corrected chi connectivity index (χ3v) is 10.3. The fraction of sp³-hybridized carbons (Fsp3) is 0.172. The Morgan fingerprint density at radius 3 is 2.24 bits per heavy atom. The molecule has 3 atom stereocenters. The molecule has 1 aliphatic carbocycles. The van der Waals surface area contributed by atoms with Gasteiger partial charge in [0.15, 0.2) is 5.78 Å². The van der Waals surface area contributed by atoms with Crippen LogP contribution in [0.15, 0.2) is 101 Å². The molecule has 1 heterocycles. The maximum absolute atomic E-state index is 13.3. The molecule has 9 heteroatoms. The Hall–Kier alpha value is -3.63. The van der Waals surface area contributed by atoms with Crippen molar-refractivity contribution in [2.45, 2.75) is 34.6 Å². The molecule has 3 N–H and O–H groups in total. The summed E-state index contributed by atoms with van der Waals surface area (Å²) in [5.74, 6) is -1.70. The number of Topliss-reactive ketones (excluding diaryl/α,β-unsaturated/α-hetero) is 1. The van der Waals surface area contributed by atoms with Gasteiger partial charge in [-0.1, -0.05) is 85.8 Å². The molecular weight excluding hydrogens is 522 g/mol. The van der Waals surface area contributed by atoms with Crippen LogP contribution < -0.4 is 4.72 Å². The van der Waals surface area contributed by atoms with Crippen LogP contribution in [0, 0.1) is 0 Å². The average molecular weight is 548 g/mol. The van der Waals surface area contributed by atoms with Crippen molar-refractivity contribution in [3.63, 3.8) is 0 Å². The molecule has 5 rings (SSSR count). The molecule has 0 spiro atoms. The molecule has 3 aromatic carbocycles. The summed E-state index contributed by atoms with van der Waals surface area (Å²) in [5, 5.41) is 20.5. The van der Waals surface area contributed by atoms with Gasteiger partial charge in [-0.05, 0) is 41.3 Å². The molecule has 4 aromatic rings. The standard InChI is InChI=1S/C29H25NO6S2/c1-28(22-13-6-3-7-14-22)18-29(28,27(33)34)30-38(35,36)24-16-15-23(37-24)20-11-8-12-21(17-20)26(32)25(31)19-9-4-2-5-10-19/h2-17,25,30-31H,18H2,1H3,(H,33,34)/t25?,28-,29-/m1/s1. The summed E-state index contributed by atoms with van der Waals surface area (Å²) in [7, 11) is -4.16. The van der Waals surface area contributed by atoms with Gasteiger partial charge in [-0.3, -0.25) is 9.59 Å². The van der Waals surface area contributed by atoms with Crippen LogP contribution in [-0.4, -0.2) is 35.9 Å². The molecule has 0 amide bonds. The first-order chi connectivity index (χ1) is 18.1. The minimum absolute atomic E-state index is 0.0310. The number of aliphatic carboxylic acids is 1. The number of hydrogen-bond donors (Lipinski definition) is 3. The predicted octanol–water partition coefficient (Wildman–Crippen LogP) is 4.79. The minimum Gasteiger partial charge on any atom is -0.480 e. The normalized spacial score (nSPS) is 21.5. The van der Waals surface area contributed by atoms with Gasteiger partial charge in [0.1, 0.15) is 15.9 Å². The zero-order chi connectivity index (χ0) is 27.1. The van der Waals surface area contributed by atoms with Crippen LogP contribution >= 0.6 is 11.3 Å². The zero-order valence-corrected chi connectivity index (χ0v) is 22.0. The van der Waals surface area contributed by atoms with Crippen molar-refractivity contribution >= 4 is 33.1 Å². The molecule has 1 unspecified atom stereocenters. The van der Waals surface area contributed by atoms with Gasteiger partial charge < -0.3 is 10.2 Å². The lowest BCUT2D eigenvalue weighted by molar-refractivity contribution is -0.140. The number of aliphatic hydroxyl groups excluding tert-OH is 1. The molecule has 7 nitrogen and oxygen atoms in total. The van der Waals surface area contributed by atoms with Crippen LogP contribution in [0.25, 0.3) is 10.4 Å². The van der Waals surface area contributed by atoms with Crippen molar-refractivity contribution in [3.05, 3.63) is 114 Å². The smallest absolute Gasteiger partial charge is 0.325 e. The summed E-state index contributed by atoms with van der Waals surface area (Å²) >= 11 is 0.977. The van der Waals surface area contributed by atoms with E-state index in [1.807, 2.05) is 6.07 Å². The lowest BCUT2D eigenvalue weighted by Crippen LogP contribution is -2.47. The molecule has 38 heavy (non-hydrogen) atoms. The fourth-order valence-electron chi connectivity index (χ4n) is 4.81. The van der Waals surface area contributed by atoms with Gasteiger partial charge in [0.25, 0.3) is 10.0 Å². The number of carbonyl (C=O) groups excluding carboxylic acids is 1. The van der Waals surface area contributed by atoms with E-state index in [9.17, 15) is 28.2 Å². The number of benzene rings is 3. The second-order valence-corrected chi connectivity index (χ2v) is 12.6. The van der Waals surface area contributed by atoms with E-state index in [0.29, 0.717) is 16.0 Å². The van der Waals surface area contributed by atoms with Crippen molar-refractivity contribution in [1.29, 1.82) is 0 Å². The Labute approximate surface area is 224 Å². The van der Waals surface area contributed by atoms with Gasteiger partial charge in [-0.25, -0.2) is 8.42 Å². The van der Waals surface area contributed by atoms with E-state index in [1.165, 1.54) is 6.07 Å². The van der Waals surface area contributed by atoms with Gasteiger partial charge in [0.2, 0.25) is 0 Å². The van der Waals surface area contributed by atoms with Gasteiger partial charge in [-0.15, -0.1) is 11.3 Å². The summed E-state index contributed by atoms with van der Waals surface area (Å²) < 4.78 is 29.1. The topological polar surface area (TPSA) is 121 Å². The molecule has 0 aliphatic heterocycles. The highest BCUT2D eigenvalue weighted by atomic mass is 32.2. The summed E-state index contributed by atoms with van der Waals surface area (Å²) in [5.41, 5.74) is -0.421. The highest BCUT2D eigenvalue weighted by molar-refractivity contribution is 7.91. The highest BCUT2D eigenvalue weighted by Gasteiger charge is 2.72. The highest BCUT2D eigenvalue weighted by Crippen LogP contribution is 2.58. The van der Waals surface area contributed by atoms with Crippen molar-refractivity contribution in [2.24, 2.45) is 0 Å². The van der Waals surface area contributed by atoms with Gasteiger partial charge in [-0.2, -0.15) is 4.72 Å². The zero-order valence-electron chi connectivity index (χ0n) is 20.4. The lowest BCUT2D eigenvalue weighted by Gasteiger charge is -2.20. The first-order valence-electron chi connectivity index (χ1n) is 11.9. The SMILES string of the molecule is C[C@]1(c2ccccc2)C[C@@]1(NS(=O)(=O)c1ccc(-c2cccc(C(=O)C(O)c3ccccc3)c2)s1)C(=O)O. The van der Waals surface area contributed by atoms with E-state index in [4.69, 9.17) is 0 Å². The summed E-state index contributed by atoms with van der Waals surface area (Å²) in [6, 6.07) is 27.3. The Morgan fingerprint density at radius 1 is 0.921 bits per heavy atom. The van der Waals surface area contributed by atoms with E-state index in [0.717, 1.165) is 16.9 Å². The molecule has 1 fully saturated rings. The maximum Gasteiger partial charge on any atom is 0.325 e. The monoisotopic (exact) mass is 547 g/mol. The van der Waals surface area contributed by atoms with Gasteiger partial charge >= 0.3 is 5.97 Å². The molecule has 194 valence electrons. The Bertz CT molecular complexity index is 1620.